The minimum absolute atomic E-state index is 0.898. The van der Waals surface area contributed by atoms with E-state index in [4.69, 9.17) is 4.98 Å². The Morgan fingerprint density at radius 1 is 0.404 bits per heavy atom. The van der Waals surface area contributed by atoms with Gasteiger partial charge in [0.1, 0.15) is 0 Å². The van der Waals surface area contributed by atoms with Crippen LogP contribution in [0.2, 0.25) is 0 Å². The van der Waals surface area contributed by atoms with Crippen LogP contribution in [0.3, 0.4) is 0 Å². The van der Waals surface area contributed by atoms with Gasteiger partial charge >= 0.3 is 0 Å². The highest BCUT2D eigenvalue weighted by molar-refractivity contribution is 7.25. The van der Waals surface area contributed by atoms with Crippen LogP contribution in [0.1, 0.15) is 16.8 Å². The summed E-state index contributed by atoms with van der Waals surface area (Å²) in [6.45, 7) is 2.19. The molecule has 0 unspecified atom stereocenters. The van der Waals surface area contributed by atoms with Gasteiger partial charge in [0.15, 0.2) is 0 Å². The van der Waals surface area contributed by atoms with Gasteiger partial charge in [-0.3, -0.25) is 4.98 Å². The molecule has 8 aromatic carbocycles. The lowest BCUT2D eigenvalue weighted by Gasteiger charge is -2.12. The van der Waals surface area contributed by atoms with Gasteiger partial charge in [-0.1, -0.05) is 133 Å². The third-order valence-corrected chi connectivity index (χ3v) is 11.9. The van der Waals surface area contributed by atoms with Gasteiger partial charge in [0.05, 0.1) is 4.70 Å². The SMILES string of the molecule is Cc1ccccc1-c1ccccc1CCc1cc2c(cn1)sc1ccc(-c3cccc(-c4ccc5c6ccccc6c6ccccc6c5c4)c3)cc12. The Balaban J connectivity index is 0.994. The molecule has 0 saturated carbocycles. The molecule has 0 aliphatic heterocycles. The first kappa shape index (κ1) is 30.7. The van der Waals surface area contributed by atoms with E-state index in [1.807, 2.05) is 11.3 Å². The standard InChI is InChI=1S/C50H35NS/c1-32-11-2-4-15-39(32)40-16-5-3-12-33(40)21-24-38-30-48-47-29-37(23-26-49(47)52-50(48)31-51-38)35-14-10-13-34(27-35)36-22-25-45-43-19-7-6-17-41(43)42-18-8-9-20-44(42)46(45)28-36/h2-20,22-23,25-31H,21,24H2,1H3. The van der Waals surface area contributed by atoms with Gasteiger partial charge < -0.3 is 0 Å². The van der Waals surface area contributed by atoms with Crippen LogP contribution in [0, 0.1) is 6.92 Å². The fourth-order valence-corrected chi connectivity index (χ4v) is 9.18. The minimum atomic E-state index is 0.898. The Hall–Kier alpha value is -6.09. The van der Waals surface area contributed by atoms with Crippen LogP contribution in [0.15, 0.2) is 170 Å². The Bertz CT molecular complexity index is 2950. The smallest absolute Gasteiger partial charge is 0.0538 e. The molecule has 246 valence electrons. The van der Waals surface area contributed by atoms with Gasteiger partial charge in [-0.05, 0) is 127 Å². The molecule has 1 nitrogen and oxygen atoms in total. The second-order valence-electron chi connectivity index (χ2n) is 13.9. The van der Waals surface area contributed by atoms with Crippen LogP contribution in [0.5, 0.6) is 0 Å². The maximum atomic E-state index is 4.93. The number of rotatable bonds is 6. The quantitative estimate of drug-likeness (QED) is 0.159. The molecule has 0 atom stereocenters. The van der Waals surface area contributed by atoms with E-state index < -0.39 is 0 Å². The Labute approximate surface area is 307 Å². The highest BCUT2D eigenvalue weighted by atomic mass is 32.1. The Kier molecular flexibility index (Phi) is 7.44. The summed E-state index contributed by atoms with van der Waals surface area (Å²) in [5.74, 6) is 0. The number of hydrogen-bond donors (Lipinski definition) is 0. The lowest BCUT2D eigenvalue weighted by molar-refractivity contribution is 0.920. The summed E-state index contributed by atoms with van der Waals surface area (Å²) >= 11 is 1.83. The summed E-state index contributed by atoms with van der Waals surface area (Å²) in [5.41, 5.74) is 11.4. The maximum absolute atomic E-state index is 4.93. The van der Waals surface area contributed by atoms with Crippen LogP contribution in [0.4, 0.5) is 0 Å². The van der Waals surface area contributed by atoms with E-state index in [1.54, 1.807) is 0 Å². The molecular weight excluding hydrogens is 647 g/mol. The third kappa shape index (κ3) is 5.27. The van der Waals surface area contributed by atoms with Gasteiger partial charge in [-0.15, -0.1) is 11.3 Å². The van der Waals surface area contributed by atoms with Crippen molar-refractivity contribution < 1.29 is 0 Å². The van der Waals surface area contributed by atoms with Gasteiger partial charge in [-0.25, -0.2) is 0 Å². The Morgan fingerprint density at radius 2 is 0.962 bits per heavy atom. The van der Waals surface area contributed by atoms with Crippen molar-refractivity contribution in [3.05, 3.63) is 187 Å². The number of hydrogen-bond acceptors (Lipinski definition) is 2. The van der Waals surface area contributed by atoms with Crippen LogP contribution < -0.4 is 0 Å². The summed E-state index contributed by atoms with van der Waals surface area (Å²) in [6, 6.07) is 60.3. The van der Waals surface area contributed by atoms with Crippen LogP contribution in [-0.2, 0) is 12.8 Å². The first-order valence-corrected chi connectivity index (χ1v) is 18.9. The highest BCUT2D eigenvalue weighted by Gasteiger charge is 2.13. The van der Waals surface area contributed by atoms with E-state index >= 15 is 0 Å². The molecule has 2 heteroatoms. The summed E-state index contributed by atoms with van der Waals surface area (Å²) < 4.78 is 2.54. The molecule has 0 amide bonds. The van der Waals surface area contributed by atoms with Crippen molar-refractivity contribution in [3.63, 3.8) is 0 Å². The van der Waals surface area contributed by atoms with Crippen molar-refractivity contribution in [3.8, 4) is 33.4 Å². The summed E-state index contributed by atoms with van der Waals surface area (Å²) in [5, 5.41) is 10.4. The lowest BCUT2D eigenvalue weighted by atomic mass is 9.91. The number of benzene rings is 8. The molecule has 2 heterocycles. The van der Waals surface area contributed by atoms with Crippen molar-refractivity contribution in [1.29, 1.82) is 0 Å². The molecule has 0 spiro atoms. The molecule has 0 N–H and O–H groups in total. The first-order chi connectivity index (χ1) is 25.7. The Morgan fingerprint density at radius 3 is 1.69 bits per heavy atom. The number of aromatic nitrogens is 1. The normalized spacial score (nSPS) is 11.7. The molecule has 0 aliphatic carbocycles. The maximum Gasteiger partial charge on any atom is 0.0538 e. The molecule has 0 bridgehead atoms. The van der Waals surface area contributed by atoms with Crippen molar-refractivity contribution in [2.45, 2.75) is 19.8 Å². The fraction of sp³-hybridized carbons (Fsp3) is 0.0600. The molecule has 0 radical (unpaired) electrons. The molecule has 0 saturated heterocycles. The molecule has 10 rings (SSSR count). The van der Waals surface area contributed by atoms with E-state index in [0.717, 1.165) is 18.5 Å². The zero-order chi connectivity index (χ0) is 34.6. The lowest BCUT2D eigenvalue weighted by Crippen LogP contribution is -1.97. The van der Waals surface area contributed by atoms with E-state index in [9.17, 15) is 0 Å². The predicted molar refractivity (Wildman–Crippen MR) is 225 cm³/mol. The first-order valence-electron chi connectivity index (χ1n) is 18.1. The molecule has 0 fully saturated rings. The second kappa shape index (κ2) is 12.6. The molecule has 2 aromatic heterocycles. The third-order valence-electron chi connectivity index (χ3n) is 10.8. The number of thiophene rings is 1. The van der Waals surface area contributed by atoms with E-state index in [0.29, 0.717) is 0 Å². The number of nitrogens with zero attached hydrogens (tertiary/aromatic N) is 1. The number of aryl methyl sites for hydroxylation is 3. The summed E-state index contributed by atoms with van der Waals surface area (Å²) in [7, 11) is 0. The average molecular weight is 682 g/mol. The van der Waals surface area contributed by atoms with Gasteiger partial charge in [0, 0.05) is 27.4 Å². The van der Waals surface area contributed by atoms with Crippen LogP contribution >= 0.6 is 11.3 Å². The minimum Gasteiger partial charge on any atom is -0.260 e. The zero-order valence-electron chi connectivity index (χ0n) is 28.9. The van der Waals surface area contributed by atoms with E-state index in [1.165, 1.54) is 97.0 Å². The van der Waals surface area contributed by atoms with Gasteiger partial charge in [0.25, 0.3) is 0 Å². The van der Waals surface area contributed by atoms with E-state index in [2.05, 4.69) is 177 Å². The van der Waals surface area contributed by atoms with Gasteiger partial charge in [-0.2, -0.15) is 0 Å². The zero-order valence-corrected chi connectivity index (χ0v) is 29.8. The van der Waals surface area contributed by atoms with Crippen molar-refractivity contribution in [2.24, 2.45) is 0 Å². The van der Waals surface area contributed by atoms with Gasteiger partial charge in [0.2, 0.25) is 0 Å². The average Bonchev–Trinajstić information content (AvgIpc) is 3.58. The van der Waals surface area contributed by atoms with Crippen molar-refractivity contribution in [1.82, 2.24) is 4.98 Å². The summed E-state index contributed by atoms with van der Waals surface area (Å²) in [6.07, 6.45) is 3.92. The topological polar surface area (TPSA) is 12.9 Å². The second-order valence-corrected chi connectivity index (χ2v) is 15.0. The van der Waals surface area contributed by atoms with Crippen LogP contribution in [0.25, 0.3) is 85.9 Å². The van der Waals surface area contributed by atoms with E-state index in [-0.39, 0.29) is 0 Å². The molecule has 52 heavy (non-hydrogen) atoms. The van der Waals surface area contributed by atoms with Crippen LogP contribution in [-0.4, -0.2) is 4.98 Å². The molecule has 10 aromatic rings. The van der Waals surface area contributed by atoms with Crippen molar-refractivity contribution in [2.75, 3.05) is 0 Å². The van der Waals surface area contributed by atoms with Crippen molar-refractivity contribution >= 4 is 63.8 Å². The number of pyridine rings is 1. The monoisotopic (exact) mass is 681 g/mol. The largest absolute Gasteiger partial charge is 0.260 e. The number of fused-ring (bicyclic) bond motifs is 9. The highest BCUT2D eigenvalue weighted by Crippen LogP contribution is 2.40. The summed E-state index contributed by atoms with van der Waals surface area (Å²) in [4.78, 5) is 4.93. The predicted octanol–water partition coefficient (Wildman–Crippen LogP) is 14.0. The fourth-order valence-electron chi connectivity index (χ4n) is 8.15. The molecule has 0 aliphatic rings. The molecular formula is C50H35NS.